The van der Waals surface area contributed by atoms with Gasteiger partial charge in [0.2, 0.25) is 0 Å². The molecule has 0 fully saturated rings. The molecule has 0 spiro atoms. The lowest BCUT2D eigenvalue weighted by Crippen LogP contribution is -2.23. The van der Waals surface area contributed by atoms with Crippen molar-refractivity contribution in [3.63, 3.8) is 0 Å². The number of hydrogen-bond acceptors (Lipinski definition) is 2. The Labute approximate surface area is 107 Å². The van der Waals surface area contributed by atoms with Crippen LogP contribution in [-0.2, 0) is 0 Å². The van der Waals surface area contributed by atoms with Crippen LogP contribution in [-0.4, -0.2) is 6.54 Å². The number of aryl methyl sites for hydroxylation is 1. The average Bonchev–Trinajstić information content (AvgIpc) is 2.88. The minimum absolute atomic E-state index is 0.149. The van der Waals surface area contributed by atoms with E-state index in [0.717, 1.165) is 24.1 Å². The first-order valence-corrected chi connectivity index (χ1v) is 6.24. The summed E-state index contributed by atoms with van der Waals surface area (Å²) >= 11 is 0. The molecule has 1 aromatic heterocycles. The third-order valence-electron chi connectivity index (χ3n) is 2.94. The maximum Gasteiger partial charge on any atom is 0.128 e. The van der Waals surface area contributed by atoms with Gasteiger partial charge in [-0.3, -0.25) is 0 Å². The Morgan fingerprint density at radius 3 is 2.83 bits per heavy atom. The first-order valence-electron chi connectivity index (χ1n) is 6.24. The second kappa shape index (κ2) is 5.83. The molecule has 0 bridgehead atoms. The molecule has 0 aliphatic rings. The van der Waals surface area contributed by atoms with Crippen molar-refractivity contribution in [3.05, 3.63) is 59.3 Å². The van der Waals surface area contributed by atoms with Gasteiger partial charge in [0.25, 0.3) is 0 Å². The van der Waals surface area contributed by atoms with E-state index in [1.807, 2.05) is 19.1 Å². The second-order valence-corrected chi connectivity index (χ2v) is 4.47. The maximum absolute atomic E-state index is 14.0. The van der Waals surface area contributed by atoms with E-state index in [1.54, 1.807) is 18.6 Å². The summed E-state index contributed by atoms with van der Waals surface area (Å²) in [6.45, 7) is 4.89. The number of halogens is 1. The van der Waals surface area contributed by atoms with E-state index in [0.29, 0.717) is 5.56 Å². The predicted octanol–water partition coefficient (Wildman–Crippen LogP) is 3.82. The Morgan fingerprint density at radius 2 is 2.17 bits per heavy atom. The molecule has 0 amide bonds. The summed E-state index contributed by atoms with van der Waals surface area (Å²) < 4.78 is 19.1. The van der Waals surface area contributed by atoms with Crippen molar-refractivity contribution in [1.82, 2.24) is 5.32 Å². The van der Waals surface area contributed by atoms with Crippen molar-refractivity contribution >= 4 is 0 Å². The van der Waals surface area contributed by atoms with Crippen LogP contribution in [0.2, 0.25) is 0 Å². The molecule has 96 valence electrons. The molecule has 3 heteroatoms. The van der Waals surface area contributed by atoms with Gasteiger partial charge in [0, 0.05) is 11.1 Å². The van der Waals surface area contributed by atoms with Crippen LogP contribution >= 0.6 is 0 Å². The van der Waals surface area contributed by atoms with Crippen LogP contribution in [0.25, 0.3) is 0 Å². The van der Waals surface area contributed by atoms with Crippen molar-refractivity contribution in [3.8, 4) is 0 Å². The normalized spacial score (nSPS) is 12.6. The number of benzene rings is 1. The van der Waals surface area contributed by atoms with Crippen molar-refractivity contribution < 1.29 is 8.81 Å². The molecular weight excluding hydrogens is 229 g/mol. The molecule has 2 aromatic rings. The van der Waals surface area contributed by atoms with Crippen molar-refractivity contribution in [2.75, 3.05) is 6.54 Å². The van der Waals surface area contributed by atoms with Gasteiger partial charge in [0.15, 0.2) is 0 Å². The Balaban J connectivity index is 2.36. The minimum atomic E-state index is -0.185. The molecular formula is C15H18FNO. The molecule has 1 atom stereocenters. The van der Waals surface area contributed by atoms with Crippen LogP contribution in [0.15, 0.2) is 41.2 Å². The number of furan rings is 1. The van der Waals surface area contributed by atoms with Gasteiger partial charge in [0.1, 0.15) is 5.82 Å². The van der Waals surface area contributed by atoms with Gasteiger partial charge in [-0.15, -0.1) is 0 Å². The molecule has 0 saturated carbocycles. The summed E-state index contributed by atoms with van der Waals surface area (Å²) in [5.74, 6) is -0.185. The highest BCUT2D eigenvalue weighted by atomic mass is 19.1. The van der Waals surface area contributed by atoms with E-state index in [1.165, 1.54) is 6.07 Å². The zero-order chi connectivity index (χ0) is 13.0. The maximum atomic E-state index is 14.0. The third-order valence-corrected chi connectivity index (χ3v) is 2.94. The monoisotopic (exact) mass is 247 g/mol. The number of rotatable bonds is 5. The summed E-state index contributed by atoms with van der Waals surface area (Å²) in [4.78, 5) is 0. The summed E-state index contributed by atoms with van der Waals surface area (Å²) in [5, 5.41) is 3.36. The fourth-order valence-corrected chi connectivity index (χ4v) is 2.02. The summed E-state index contributed by atoms with van der Waals surface area (Å²) in [7, 11) is 0. The number of hydrogen-bond donors (Lipinski definition) is 1. The van der Waals surface area contributed by atoms with Gasteiger partial charge in [0.05, 0.1) is 18.6 Å². The van der Waals surface area contributed by atoms with Gasteiger partial charge in [-0.2, -0.15) is 0 Å². The largest absolute Gasteiger partial charge is 0.472 e. The molecule has 1 aromatic carbocycles. The highest BCUT2D eigenvalue weighted by molar-refractivity contribution is 5.33. The van der Waals surface area contributed by atoms with Crippen LogP contribution in [0, 0.1) is 12.7 Å². The Hall–Kier alpha value is -1.61. The van der Waals surface area contributed by atoms with E-state index in [2.05, 4.69) is 12.2 Å². The fraction of sp³-hybridized carbons (Fsp3) is 0.333. The van der Waals surface area contributed by atoms with Crippen molar-refractivity contribution in [2.45, 2.75) is 26.3 Å². The van der Waals surface area contributed by atoms with Gasteiger partial charge in [-0.05, 0) is 32.0 Å². The zero-order valence-electron chi connectivity index (χ0n) is 10.7. The summed E-state index contributed by atoms with van der Waals surface area (Å²) in [6.07, 6.45) is 4.28. The Morgan fingerprint density at radius 1 is 1.33 bits per heavy atom. The molecule has 0 saturated heterocycles. The van der Waals surface area contributed by atoms with Gasteiger partial charge >= 0.3 is 0 Å². The zero-order valence-corrected chi connectivity index (χ0v) is 10.7. The predicted molar refractivity (Wildman–Crippen MR) is 70.0 cm³/mol. The Bertz CT molecular complexity index is 493. The van der Waals surface area contributed by atoms with E-state index in [-0.39, 0.29) is 11.9 Å². The topological polar surface area (TPSA) is 25.2 Å². The molecule has 2 rings (SSSR count). The van der Waals surface area contributed by atoms with E-state index < -0.39 is 0 Å². The minimum Gasteiger partial charge on any atom is -0.472 e. The lowest BCUT2D eigenvalue weighted by atomic mass is 9.98. The molecule has 1 N–H and O–H groups in total. The van der Waals surface area contributed by atoms with E-state index in [4.69, 9.17) is 4.42 Å². The number of nitrogens with one attached hydrogen (secondary N) is 1. The average molecular weight is 247 g/mol. The lowest BCUT2D eigenvalue weighted by Gasteiger charge is -2.18. The SMILES string of the molecule is CCCNC(c1ccoc1)c1cc(C)ccc1F. The Kier molecular flexibility index (Phi) is 4.15. The van der Waals surface area contributed by atoms with Crippen LogP contribution in [0.3, 0.4) is 0 Å². The highest BCUT2D eigenvalue weighted by Crippen LogP contribution is 2.25. The molecule has 0 aliphatic heterocycles. The van der Waals surface area contributed by atoms with Gasteiger partial charge < -0.3 is 9.73 Å². The van der Waals surface area contributed by atoms with Gasteiger partial charge in [-0.25, -0.2) is 4.39 Å². The first kappa shape index (κ1) is 12.8. The van der Waals surface area contributed by atoms with Crippen molar-refractivity contribution in [2.24, 2.45) is 0 Å². The van der Waals surface area contributed by atoms with Crippen LogP contribution in [0.5, 0.6) is 0 Å². The smallest absolute Gasteiger partial charge is 0.128 e. The quantitative estimate of drug-likeness (QED) is 0.869. The van der Waals surface area contributed by atoms with Crippen LogP contribution in [0.1, 0.15) is 36.1 Å². The van der Waals surface area contributed by atoms with E-state index in [9.17, 15) is 4.39 Å². The van der Waals surface area contributed by atoms with Gasteiger partial charge in [-0.1, -0.05) is 24.6 Å². The standard InChI is InChI=1S/C15H18FNO/c1-3-7-17-15(12-6-8-18-10-12)13-9-11(2)4-5-14(13)16/h4-6,8-10,15,17H,3,7H2,1-2H3. The van der Waals surface area contributed by atoms with Crippen molar-refractivity contribution in [1.29, 1.82) is 0 Å². The van der Waals surface area contributed by atoms with Crippen LogP contribution < -0.4 is 5.32 Å². The highest BCUT2D eigenvalue weighted by Gasteiger charge is 2.18. The molecule has 0 aliphatic carbocycles. The first-order chi connectivity index (χ1) is 8.72. The lowest BCUT2D eigenvalue weighted by molar-refractivity contribution is 0.530. The van der Waals surface area contributed by atoms with E-state index >= 15 is 0 Å². The van der Waals surface area contributed by atoms with Crippen LogP contribution in [0.4, 0.5) is 4.39 Å². The fourth-order valence-electron chi connectivity index (χ4n) is 2.02. The molecule has 2 nitrogen and oxygen atoms in total. The second-order valence-electron chi connectivity index (χ2n) is 4.47. The molecule has 1 heterocycles. The molecule has 1 unspecified atom stereocenters. The summed E-state index contributed by atoms with van der Waals surface area (Å²) in [5.41, 5.74) is 2.68. The molecule has 18 heavy (non-hydrogen) atoms. The summed E-state index contributed by atoms with van der Waals surface area (Å²) in [6, 6.07) is 6.91. The third kappa shape index (κ3) is 2.79. The molecule has 0 radical (unpaired) electrons.